The summed E-state index contributed by atoms with van der Waals surface area (Å²) in [5.74, 6) is -0.139. The van der Waals surface area contributed by atoms with Crippen LogP contribution in [0.2, 0.25) is 0 Å². The number of hydrogen-bond donors (Lipinski definition) is 2. The fraction of sp³-hybridized carbons (Fsp3) is 0. The number of carbonyl (C=O) groups excluding carboxylic acids is 1. The molecule has 0 aliphatic heterocycles. The van der Waals surface area contributed by atoms with Crippen molar-refractivity contribution in [2.75, 3.05) is 11.1 Å². The van der Waals surface area contributed by atoms with E-state index in [2.05, 4.69) is 27.9 Å². The number of nitriles is 1. The number of aromatic nitrogens is 2. The molecule has 3 aromatic rings. The summed E-state index contributed by atoms with van der Waals surface area (Å²) in [6, 6.07) is 12.9. The molecule has 24 heavy (non-hydrogen) atoms. The molecule has 3 rings (SSSR count). The number of rotatable bonds is 3. The second-order valence-corrected chi connectivity index (χ2v) is 5.11. The minimum absolute atomic E-state index is 0.198. The van der Waals surface area contributed by atoms with Crippen molar-refractivity contribution in [3.63, 3.8) is 0 Å². The maximum atomic E-state index is 11.5. The molecule has 0 fully saturated rings. The number of amides is 1. The zero-order chi connectivity index (χ0) is 17.1. The lowest BCUT2D eigenvalue weighted by atomic mass is 10.0. The van der Waals surface area contributed by atoms with Gasteiger partial charge < -0.3 is 11.1 Å². The lowest BCUT2D eigenvalue weighted by molar-refractivity contribution is -0.111. The summed E-state index contributed by atoms with van der Waals surface area (Å²) in [5.41, 5.74) is 8.94. The highest BCUT2D eigenvalue weighted by molar-refractivity contribution is 5.99. The Morgan fingerprint density at radius 1 is 1.25 bits per heavy atom. The first-order chi connectivity index (χ1) is 11.6. The Morgan fingerprint density at radius 3 is 2.83 bits per heavy atom. The van der Waals surface area contributed by atoms with Crippen molar-refractivity contribution < 1.29 is 4.79 Å². The molecule has 0 unspecified atom stereocenters. The van der Waals surface area contributed by atoms with Gasteiger partial charge in [-0.05, 0) is 41.5 Å². The summed E-state index contributed by atoms with van der Waals surface area (Å²) >= 11 is 0. The Labute approximate surface area is 138 Å². The van der Waals surface area contributed by atoms with Crippen LogP contribution in [0.25, 0.3) is 22.0 Å². The second kappa shape index (κ2) is 6.18. The highest BCUT2D eigenvalue weighted by Crippen LogP contribution is 2.27. The molecule has 0 radical (unpaired) electrons. The molecule has 116 valence electrons. The number of anilines is 2. The van der Waals surface area contributed by atoms with E-state index in [1.54, 1.807) is 24.4 Å². The Hall–Kier alpha value is -3.72. The number of nitrogens with zero attached hydrogens (tertiary/aromatic N) is 3. The van der Waals surface area contributed by atoms with Crippen LogP contribution in [0, 0.1) is 11.3 Å². The van der Waals surface area contributed by atoms with Crippen molar-refractivity contribution in [3.8, 4) is 17.2 Å². The second-order valence-electron chi connectivity index (χ2n) is 5.11. The van der Waals surface area contributed by atoms with Gasteiger partial charge in [0, 0.05) is 17.3 Å². The first-order valence-corrected chi connectivity index (χ1v) is 7.10. The van der Waals surface area contributed by atoms with E-state index >= 15 is 0 Å². The van der Waals surface area contributed by atoms with Gasteiger partial charge in [-0.25, -0.2) is 9.97 Å². The molecule has 6 heteroatoms. The minimum atomic E-state index is -0.338. The molecule has 1 heterocycles. The van der Waals surface area contributed by atoms with Crippen LogP contribution in [0.3, 0.4) is 0 Å². The monoisotopic (exact) mass is 315 g/mol. The van der Waals surface area contributed by atoms with E-state index in [-0.39, 0.29) is 11.9 Å². The molecule has 1 aromatic heterocycles. The molecule has 1 amide bonds. The van der Waals surface area contributed by atoms with Gasteiger partial charge in [0.05, 0.1) is 17.1 Å². The lowest BCUT2D eigenvalue weighted by Gasteiger charge is -2.08. The van der Waals surface area contributed by atoms with Gasteiger partial charge >= 0.3 is 0 Å². The smallest absolute Gasteiger partial charge is 0.247 e. The summed E-state index contributed by atoms with van der Waals surface area (Å²) in [6.07, 6.45) is 2.83. The predicted molar refractivity (Wildman–Crippen MR) is 92.9 cm³/mol. The number of nitrogens with two attached hydrogens (primary N) is 1. The predicted octanol–water partition coefficient (Wildman–Crippen LogP) is 2.88. The van der Waals surface area contributed by atoms with E-state index in [4.69, 9.17) is 5.73 Å². The maximum absolute atomic E-state index is 11.5. The number of fused-ring (bicyclic) bond motifs is 1. The third kappa shape index (κ3) is 3.05. The van der Waals surface area contributed by atoms with E-state index in [0.29, 0.717) is 16.8 Å². The van der Waals surface area contributed by atoms with E-state index in [1.807, 2.05) is 18.2 Å². The molecule has 0 aliphatic carbocycles. The number of carbonyl (C=O) groups is 1. The average molecular weight is 315 g/mol. The van der Waals surface area contributed by atoms with Crippen LogP contribution < -0.4 is 11.1 Å². The minimum Gasteiger partial charge on any atom is -0.368 e. The van der Waals surface area contributed by atoms with Crippen molar-refractivity contribution in [1.29, 1.82) is 5.26 Å². The van der Waals surface area contributed by atoms with Gasteiger partial charge in [-0.15, -0.1) is 0 Å². The summed E-state index contributed by atoms with van der Waals surface area (Å²) in [7, 11) is 0. The van der Waals surface area contributed by atoms with Gasteiger partial charge in [0.2, 0.25) is 11.9 Å². The molecular formula is C18H13N5O. The fourth-order valence-electron chi connectivity index (χ4n) is 2.34. The average Bonchev–Trinajstić information content (AvgIpc) is 2.60. The van der Waals surface area contributed by atoms with Crippen LogP contribution in [0.1, 0.15) is 5.56 Å². The van der Waals surface area contributed by atoms with Crippen LogP contribution in [0.4, 0.5) is 11.6 Å². The summed E-state index contributed by atoms with van der Waals surface area (Å²) in [4.78, 5) is 19.7. The van der Waals surface area contributed by atoms with Crippen molar-refractivity contribution in [3.05, 3.63) is 60.8 Å². The van der Waals surface area contributed by atoms with Gasteiger partial charge in [0.1, 0.15) is 0 Å². The third-order valence-electron chi connectivity index (χ3n) is 3.45. The van der Waals surface area contributed by atoms with Gasteiger partial charge in [-0.1, -0.05) is 18.7 Å². The molecule has 0 atom stereocenters. The zero-order valence-corrected chi connectivity index (χ0v) is 12.7. The normalized spacial score (nSPS) is 10.1. The van der Waals surface area contributed by atoms with E-state index < -0.39 is 0 Å². The largest absolute Gasteiger partial charge is 0.368 e. The topological polar surface area (TPSA) is 105 Å². The molecule has 0 aliphatic rings. The molecule has 0 saturated carbocycles. The lowest BCUT2D eigenvalue weighted by Crippen LogP contribution is -2.07. The summed E-state index contributed by atoms with van der Waals surface area (Å²) in [5, 5.41) is 12.7. The van der Waals surface area contributed by atoms with Crippen LogP contribution in [-0.4, -0.2) is 15.9 Å². The van der Waals surface area contributed by atoms with Crippen LogP contribution >= 0.6 is 0 Å². The van der Waals surface area contributed by atoms with Crippen molar-refractivity contribution in [2.24, 2.45) is 0 Å². The fourth-order valence-corrected chi connectivity index (χ4v) is 2.34. The van der Waals surface area contributed by atoms with Crippen LogP contribution in [0.15, 0.2) is 55.3 Å². The molecule has 6 nitrogen and oxygen atoms in total. The highest BCUT2D eigenvalue weighted by Gasteiger charge is 2.07. The SMILES string of the molecule is C=CC(=O)Nc1cc(C#N)cc(-c2ccc3cnc(N)nc3c2)c1. The Bertz CT molecular complexity index is 1000. The van der Waals surface area contributed by atoms with E-state index in [9.17, 15) is 10.1 Å². The van der Waals surface area contributed by atoms with Crippen LogP contribution in [-0.2, 0) is 4.79 Å². The Morgan fingerprint density at radius 2 is 2.08 bits per heavy atom. The molecular weight excluding hydrogens is 302 g/mol. The number of nitrogens with one attached hydrogen (secondary N) is 1. The van der Waals surface area contributed by atoms with Crippen molar-refractivity contribution in [1.82, 2.24) is 9.97 Å². The molecule has 3 N–H and O–H groups in total. The highest BCUT2D eigenvalue weighted by atomic mass is 16.1. The van der Waals surface area contributed by atoms with Gasteiger partial charge in [0.25, 0.3) is 0 Å². The molecule has 0 spiro atoms. The Balaban J connectivity index is 2.10. The number of benzene rings is 2. The summed E-state index contributed by atoms with van der Waals surface area (Å²) in [6.45, 7) is 3.42. The van der Waals surface area contributed by atoms with Crippen LogP contribution in [0.5, 0.6) is 0 Å². The zero-order valence-electron chi connectivity index (χ0n) is 12.7. The quantitative estimate of drug-likeness (QED) is 0.723. The Kier molecular flexibility index (Phi) is 3.91. The first kappa shape index (κ1) is 15.2. The van der Waals surface area contributed by atoms with Gasteiger partial charge in [-0.3, -0.25) is 4.79 Å². The summed E-state index contributed by atoms with van der Waals surface area (Å²) < 4.78 is 0. The van der Waals surface area contributed by atoms with Crippen molar-refractivity contribution in [2.45, 2.75) is 0 Å². The number of hydrogen-bond acceptors (Lipinski definition) is 5. The van der Waals surface area contributed by atoms with E-state index in [1.165, 1.54) is 6.08 Å². The molecule has 0 saturated heterocycles. The first-order valence-electron chi connectivity index (χ1n) is 7.10. The maximum Gasteiger partial charge on any atom is 0.247 e. The van der Waals surface area contributed by atoms with E-state index in [0.717, 1.165) is 16.5 Å². The van der Waals surface area contributed by atoms with Gasteiger partial charge in [0.15, 0.2) is 0 Å². The van der Waals surface area contributed by atoms with Crippen molar-refractivity contribution >= 4 is 28.4 Å². The standard InChI is InChI=1S/C18H13N5O/c1-2-17(24)22-15-6-11(9-19)5-14(7-15)12-3-4-13-10-21-18(20)23-16(13)8-12/h2-8,10H,1H2,(H,22,24)(H2,20,21,23). The molecule has 2 aromatic carbocycles. The molecule has 0 bridgehead atoms. The van der Waals surface area contributed by atoms with Gasteiger partial charge in [-0.2, -0.15) is 5.26 Å². The number of nitrogen functional groups attached to an aromatic ring is 1. The third-order valence-corrected chi connectivity index (χ3v) is 3.45.